The molecular weight excluding hydrogens is 210 g/mol. The minimum atomic E-state index is 0.0496. The molecule has 2 nitrogen and oxygen atoms in total. The van der Waals surface area contributed by atoms with Gasteiger partial charge in [0.05, 0.1) is 5.60 Å². The van der Waals surface area contributed by atoms with Gasteiger partial charge >= 0.3 is 0 Å². The molecule has 2 aliphatic rings. The zero-order valence-corrected chi connectivity index (χ0v) is 10.5. The first kappa shape index (κ1) is 11.2. The molecule has 0 radical (unpaired) electrons. The predicted molar refractivity (Wildman–Crippen MR) is 69.2 cm³/mol. The van der Waals surface area contributed by atoms with Crippen molar-refractivity contribution in [2.24, 2.45) is 0 Å². The number of hydrogen-bond donors (Lipinski definition) is 1. The molecule has 1 aromatic carbocycles. The van der Waals surface area contributed by atoms with Gasteiger partial charge in [-0.05, 0) is 49.3 Å². The highest BCUT2D eigenvalue weighted by molar-refractivity contribution is 5.39. The van der Waals surface area contributed by atoms with Crippen LogP contribution in [0, 0.1) is 0 Å². The van der Waals surface area contributed by atoms with Crippen LogP contribution in [-0.4, -0.2) is 20.2 Å². The summed E-state index contributed by atoms with van der Waals surface area (Å²) in [5.74, 6) is 0.674. The number of rotatable bonds is 3. The van der Waals surface area contributed by atoms with Gasteiger partial charge in [0, 0.05) is 13.7 Å². The molecule has 1 N–H and O–H groups in total. The van der Waals surface area contributed by atoms with Crippen molar-refractivity contribution in [1.29, 1.82) is 0 Å². The quantitative estimate of drug-likeness (QED) is 0.863. The molecule has 0 bridgehead atoms. The Morgan fingerprint density at radius 3 is 2.76 bits per heavy atom. The molecule has 1 aliphatic carbocycles. The van der Waals surface area contributed by atoms with Gasteiger partial charge in [0.2, 0.25) is 0 Å². The fraction of sp³-hybridized carbons (Fsp3) is 0.600. The maximum absolute atomic E-state index is 5.75. The van der Waals surface area contributed by atoms with Crippen molar-refractivity contribution in [3.05, 3.63) is 35.4 Å². The van der Waals surface area contributed by atoms with Crippen LogP contribution in [0.25, 0.3) is 0 Å². The summed E-state index contributed by atoms with van der Waals surface area (Å²) in [6, 6.07) is 8.87. The van der Waals surface area contributed by atoms with Crippen molar-refractivity contribution in [2.45, 2.75) is 37.2 Å². The van der Waals surface area contributed by atoms with Crippen molar-refractivity contribution >= 4 is 0 Å². The molecule has 1 saturated heterocycles. The first-order chi connectivity index (χ1) is 8.36. The zero-order valence-electron chi connectivity index (χ0n) is 10.5. The first-order valence-corrected chi connectivity index (χ1v) is 6.71. The number of ether oxygens (including phenoxy) is 1. The topological polar surface area (TPSA) is 21.3 Å². The fourth-order valence-corrected chi connectivity index (χ4v) is 3.08. The van der Waals surface area contributed by atoms with E-state index in [1.807, 2.05) is 7.11 Å². The van der Waals surface area contributed by atoms with E-state index in [-0.39, 0.29) is 5.60 Å². The molecule has 17 heavy (non-hydrogen) atoms. The van der Waals surface area contributed by atoms with E-state index in [0.717, 1.165) is 6.54 Å². The lowest BCUT2D eigenvalue weighted by Gasteiger charge is -2.27. The zero-order chi connectivity index (χ0) is 11.7. The Kier molecular flexibility index (Phi) is 2.93. The van der Waals surface area contributed by atoms with E-state index in [2.05, 4.69) is 29.6 Å². The van der Waals surface area contributed by atoms with Gasteiger partial charge < -0.3 is 10.1 Å². The van der Waals surface area contributed by atoms with Gasteiger partial charge in [0.15, 0.2) is 0 Å². The maximum atomic E-state index is 5.75. The molecule has 1 aliphatic heterocycles. The summed E-state index contributed by atoms with van der Waals surface area (Å²) in [7, 11) is 1.85. The molecule has 0 aromatic heterocycles. The molecule has 2 heteroatoms. The van der Waals surface area contributed by atoms with Crippen LogP contribution in [0.5, 0.6) is 0 Å². The molecule has 92 valence electrons. The second-order valence-corrected chi connectivity index (χ2v) is 5.33. The van der Waals surface area contributed by atoms with E-state index < -0.39 is 0 Å². The fourth-order valence-electron chi connectivity index (χ4n) is 3.08. The van der Waals surface area contributed by atoms with Crippen LogP contribution in [-0.2, 0) is 10.3 Å². The number of benzene rings is 1. The van der Waals surface area contributed by atoms with Crippen molar-refractivity contribution in [1.82, 2.24) is 5.32 Å². The average Bonchev–Trinajstić information content (AvgIpc) is 3.21. The lowest BCUT2D eigenvalue weighted by Crippen LogP contribution is -2.29. The Hall–Kier alpha value is -0.860. The summed E-state index contributed by atoms with van der Waals surface area (Å²) in [5, 5.41) is 3.51. The summed E-state index contributed by atoms with van der Waals surface area (Å²) in [4.78, 5) is 0. The highest BCUT2D eigenvalue weighted by Crippen LogP contribution is 2.51. The van der Waals surface area contributed by atoms with E-state index >= 15 is 0 Å². The smallest absolute Gasteiger partial charge is 0.0932 e. The van der Waals surface area contributed by atoms with Gasteiger partial charge in [0.1, 0.15) is 0 Å². The van der Waals surface area contributed by atoms with E-state index in [9.17, 15) is 0 Å². The molecular formula is C15H21NO. The Balaban J connectivity index is 1.93. The minimum absolute atomic E-state index is 0.0496. The lowest BCUT2D eigenvalue weighted by molar-refractivity contribution is 0.0776. The van der Waals surface area contributed by atoms with Crippen LogP contribution in [0.2, 0.25) is 0 Å². The molecule has 1 atom stereocenters. The highest BCUT2D eigenvalue weighted by Gasteiger charge is 2.46. The molecule has 2 fully saturated rings. The molecule has 1 heterocycles. The Bertz CT molecular complexity index is 392. The molecule has 1 unspecified atom stereocenters. The van der Waals surface area contributed by atoms with Gasteiger partial charge in [-0.15, -0.1) is 0 Å². The summed E-state index contributed by atoms with van der Waals surface area (Å²) in [5.41, 5.74) is 3.00. The van der Waals surface area contributed by atoms with Crippen LogP contribution in [0.15, 0.2) is 24.3 Å². The van der Waals surface area contributed by atoms with E-state index in [4.69, 9.17) is 4.74 Å². The van der Waals surface area contributed by atoms with Gasteiger partial charge in [-0.25, -0.2) is 0 Å². The predicted octanol–water partition coefficient (Wildman–Crippen LogP) is 2.79. The number of nitrogens with one attached hydrogen (secondary N) is 1. The summed E-state index contributed by atoms with van der Waals surface area (Å²) >= 11 is 0. The molecule has 0 spiro atoms. The summed E-state index contributed by atoms with van der Waals surface area (Å²) in [6.45, 7) is 2.30. The van der Waals surface area contributed by atoms with Gasteiger partial charge in [0.25, 0.3) is 0 Å². The number of hydrogen-bond acceptors (Lipinski definition) is 2. The average molecular weight is 231 g/mol. The molecule has 3 rings (SSSR count). The Morgan fingerprint density at radius 1 is 1.29 bits per heavy atom. The van der Waals surface area contributed by atoms with E-state index in [1.54, 1.807) is 0 Å². The lowest BCUT2D eigenvalue weighted by atomic mass is 9.86. The normalized spacial score (nSPS) is 26.8. The molecule has 1 saturated carbocycles. The third kappa shape index (κ3) is 2.00. The first-order valence-electron chi connectivity index (χ1n) is 6.71. The van der Waals surface area contributed by atoms with Crippen LogP contribution >= 0.6 is 0 Å². The Morgan fingerprint density at radius 2 is 2.12 bits per heavy atom. The summed E-state index contributed by atoms with van der Waals surface area (Å²) < 4.78 is 5.75. The van der Waals surface area contributed by atoms with Crippen LogP contribution in [0.1, 0.15) is 42.7 Å². The molecule has 1 aromatic rings. The van der Waals surface area contributed by atoms with E-state index in [0.29, 0.717) is 5.92 Å². The Labute approximate surface area is 103 Å². The third-order valence-electron chi connectivity index (χ3n) is 4.28. The second-order valence-electron chi connectivity index (χ2n) is 5.33. The largest absolute Gasteiger partial charge is 0.374 e. The second kappa shape index (κ2) is 4.43. The third-order valence-corrected chi connectivity index (χ3v) is 4.28. The monoisotopic (exact) mass is 231 g/mol. The van der Waals surface area contributed by atoms with E-state index in [1.165, 1.54) is 43.4 Å². The molecule has 0 amide bonds. The number of methoxy groups -OCH3 is 1. The van der Waals surface area contributed by atoms with Gasteiger partial charge in [-0.1, -0.05) is 24.3 Å². The summed E-state index contributed by atoms with van der Waals surface area (Å²) in [6.07, 6.45) is 4.96. The van der Waals surface area contributed by atoms with Crippen molar-refractivity contribution in [2.75, 3.05) is 20.2 Å². The van der Waals surface area contributed by atoms with Crippen molar-refractivity contribution < 1.29 is 4.74 Å². The highest BCUT2D eigenvalue weighted by atomic mass is 16.5. The standard InChI is InChI=1S/C15H21NO/c1-17-15(8-9-15)14-7-3-2-6-13(14)12-5-4-10-16-11-12/h2-3,6-7,12,16H,4-5,8-11H2,1H3. The van der Waals surface area contributed by atoms with Gasteiger partial charge in [-0.3, -0.25) is 0 Å². The van der Waals surface area contributed by atoms with Crippen LogP contribution < -0.4 is 5.32 Å². The van der Waals surface area contributed by atoms with Crippen molar-refractivity contribution in [3.8, 4) is 0 Å². The van der Waals surface area contributed by atoms with Crippen LogP contribution in [0.4, 0.5) is 0 Å². The maximum Gasteiger partial charge on any atom is 0.0932 e. The van der Waals surface area contributed by atoms with Gasteiger partial charge in [-0.2, -0.15) is 0 Å². The SMILES string of the molecule is COC1(c2ccccc2C2CCCNC2)CC1. The van der Waals surface area contributed by atoms with Crippen LogP contribution in [0.3, 0.4) is 0 Å². The van der Waals surface area contributed by atoms with Crippen molar-refractivity contribution in [3.63, 3.8) is 0 Å². The number of piperidine rings is 1. The minimum Gasteiger partial charge on any atom is -0.374 e.